The Morgan fingerprint density at radius 2 is 1.91 bits per heavy atom. The van der Waals surface area contributed by atoms with Crippen LogP contribution in [0.2, 0.25) is 0 Å². The van der Waals surface area contributed by atoms with Gasteiger partial charge in [-0.05, 0) is 41.8 Å². The van der Waals surface area contributed by atoms with Crippen molar-refractivity contribution >= 4 is 5.91 Å². The zero-order chi connectivity index (χ0) is 15.8. The average Bonchev–Trinajstić information content (AvgIpc) is 2.58. The number of carbonyl (C=O) groups excluding carboxylic acids is 1. The highest BCUT2D eigenvalue weighted by Crippen LogP contribution is 2.24. The van der Waals surface area contributed by atoms with Crippen molar-refractivity contribution in [1.82, 2.24) is 5.48 Å². The first-order valence-electron chi connectivity index (χ1n) is 6.89. The summed E-state index contributed by atoms with van der Waals surface area (Å²) in [5.74, 6) is 0.273. The number of nitrogens with one attached hydrogen (secondary N) is 1. The van der Waals surface area contributed by atoms with E-state index in [-0.39, 0.29) is 6.42 Å². The second-order valence-electron chi connectivity index (χ2n) is 4.71. The SMILES string of the molecule is N#Cc1cccc(-c2cccc(OCCCC(=O)NO)c2)c1. The highest BCUT2D eigenvalue weighted by atomic mass is 16.5. The van der Waals surface area contributed by atoms with E-state index < -0.39 is 5.91 Å². The lowest BCUT2D eigenvalue weighted by molar-refractivity contribution is -0.129. The first-order chi connectivity index (χ1) is 10.7. The van der Waals surface area contributed by atoms with Gasteiger partial charge in [0.1, 0.15) is 5.75 Å². The van der Waals surface area contributed by atoms with Crippen molar-refractivity contribution in [3.8, 4) is 22.9 Å². The summed E-state index contributed by atoms with van der Waals surface area (Å²) in [6, 6.07) is 17.0. The van der Waals surface area contributed by atoms with Crippen LogP contribution in [0.3, 0.4) is 0 Å². The molecule has 2 N–H and O–H groups in total. The summed E-state index contributed by atoms with van der Waals surface area (Å²) in [6.07, 6.45) is 0.723. The van der Waals surface area contributed by atoms with Gasteiger partial charge in [0.25, 0.3) is 0 Å². The molecule has 0 aliphatic carbocycles. The van der Waals surface area contributed by atoms with E-state index in [9.17, 15) is 4.79 Å². The number of ether oxygens (including phenoxy) is 1. The maximum absolute atomic E-state index is 10.9. The molecule has 0 spiro atoms. The van der Waals surface area contributed by atoms with Crippen molar-refractivity contribution in [2.75, 3.05) is 6.61 Å². The van der Waals surface area contributed by atoms with Crippen LogP contribution in [-0.4, -0.2) is 17.7 Å². The van der Waals surface area contributed by atoms with Gasteiger partial charge >= 0.3 is 0 Å². The summed E-state index contributed by atoms with van der Waals surface area (Å²) in [7, 11) is 0. The Balaban J connectivity index is 2.01. The highest BCUT2D eigenvalue weighted by Gasteiger charge is 2.03. The third-order valence-electron chi connectivity index (χ3n) is 3.10. The number of hydroxylamine groups is 1. The van der Waals surface area contributed by atoms with Gasteiger partial charge in [-0.1, -0.05) is 24.3 Å². The lowest BCUT2D eigenvalue weighted by Gasteiger charge is -2.08. The molecule has 0 saturated heterocycles. The van der Waals surface area contributed by atoms with E-state index in [1.54, 1.807) is 11.5 Å². The minimum absolute atomic E-state index is 0.209. The van der Waals surface area contributed by atoms with Gasteiger partial charge in [0, 0.05) is 6.42 Å². The van der Waals surface area contributed by atoms with Gasteiger partial charge in [-0.2, -0.15) is 5.26 Å². The lowest BCUT2D eigenvalue weighted by atomic mass is 10.0. The molecule has 5 nitrogen and oxygen atoms in total. The Labute approximate surface area is 128 Å². The van der Waals surface area contributed by atoms with E-state index in [0.29, 0.717) is 24.3 Å². The molecule has 0 saturated carbocycles. The van der Waals surface area contributed by atoms with Crippen molar-refractivity contribution in [3.63, 3.8) is 0 Å². The summed E-state index contributed by atoms with van der Waals surface area (Å²) >= 11 is 0. The standard InChI is InChI=1S/C17H16N2O3/c18-12-13-4-1-5-14(10-13)15-6-2-7-16(11-15)22-9-3-8-17(20)19-21/h1-2,4-7,10-11,21H,3,8-9H2,(H,19,20). The lowest BCUT2D eigenvalue weighted by Crippen LogP contribution is -2.18. The quantitative estimate of drug-likeness (QED) is 0.488. The molecule has 0 fully saturated rings. The van der Waals surface area contributed by atoms with Crippen LogP contribution in [0.15, 0.2) is 48.5 Å². The molecular weight excluding hydrogens is 280 g/mol. The van der Waals surface area contributed by atoms with Gasteiger partial charge in [0.15, 0.2) is 0 Å². The third kappa shape index (κ3) is 4.33. The van der Waals surface area contributed by atoms with Crippen molar-refractivity contribution in [3.05, 3.63) is 54.1 Å². The van der Waals surface area contributed by atoms with Gasteiger partial charge in [0.05, 0.1) is 18.2 Å². The number of hydrogen-bond donors (Lipinski definition) is 2. The zero-order valence-corrected chi connectivity index (χ0v) is 12.0. The number of benzene rings is 2. The summed E-state index contributed by atoms with van der Waals surface area (Å²) in [5, 5.41) is 17.3. The fourth-order valence-electron chi connectivity index (χ4n) is 2.01. The minimum Gasteiger partial charge on any atom is -0.494 e. The fraction of sp³-hybridized carbons (Fsp3) is 0.176. The number of amides is 1. The van der Waals surface area contributed by atoms with Crippen LogP contribution in [0, 0.1) is 11.3 Å². The number of rotatable bonds is 6. The molecular formula is C17H16N2O3. The van der Waals surface area contributed by atoms with Crippen molar-refractivity contribution in [2.24, 2.45) is 0 Å². The van der Waals surface area contributed by atoms with Crippen LogP contribution in [0.4, 0.5) is 0 Å². The van der Waals surface area contributed by atoms with Gasteiger partial charge in [0.2, 0.25) is 5.91 Å². The molecule has 1 amide bonds. The molecule has 0 heterocycles. The Kier molecular flexibility index (Phi) is 5.52. The first kappa shape index (κ1) is 15.5. The summed E-state index contributed by atoms with van der Waals surface area (Å²) in [6.45, 7) is 0.384. The summed E-state index contributed by atoms with van der Waals surface area (Å²) in [5.41, 5.74) is 4.10. The molecule has 2 aromatic carbocycles. The Bertz CT molecular complexity index is 692. The summed E-state index contributed by atoms with van der Waals surface area (Å²) < 4.78 is 5.59. The monoisotopic (exact) mass is 296 g/mol. The van der Waals surface area contributed by atoms with Crippen molar-refractivity contribution < 1.29 is 14.7 Å². The predicted molar refractivity (Wildman–Crippen MR) is 81.3 cm³/mol. The van der Waals surface area contributed by atoms with Crippen LogP contribution in [0.5, 0.6) is 5.75 Å². The molecule has 0 aliphatic rings. The zero-order valence-electron chi connectivity index (χ0n) is 12.0. The first-order valence-corrected chi connectivity index (χ1v) is 6.89. The van der Waals surface area contributed by atoms with Gasteiger partial charge in [-0.15, -0.1) is 0 Å². The molecule has 0 radical (unpaired) electrons. The Morgan fingerprint density at radius 3 is 2.64 bits per heavy atom. The van der Waals surface area contributed by atoms with Crippen molar-refractivity contribution in [2.45, 2.75) is 12.8 Å². The van der Waals surface area contributed by atoms with Gasteiger partial charge in [-0.25, -0.2) is 5.48 Å². The molecule has 2 rings (SSSR count). The molecule has 5 heteroatoms. The van der Waals surface area contributed by atoms with Gasteiger partial charge < -0.3 is 4.74 Å². The maximum atomic E-state index is 10.9. The summed E-state index contributed by atoms with van der Waals surface area (Å²) in [4.78, 5) is 10.9. The molecule has 112 valence electrons. The van der Waals surface area contributed by atoms with E-state index in [4.69, 9.17) is 15.2 Å². The second kappa shape index (κ2) is 7.81. The average molecular weight is 296 g/mol. The third-order valence-corrected chi connectivity index (χ3v) is 3.10. The van der Waals surface area contributed by atoms with E-state index in [2.05, 4.69) is 6.07 Å². The molecule has 22 heavy (non-hydrogen) atoms. The highest BCUT2D eigenvalue weighted by molar-refractivity contribution is 5.74. The molecule has 0 aliphatic heterocycles. The number of carbonyl (C=O) groups is 1. The molecule has 0 aromatic heterocycles. The van der Waals surface area contributed by atoms with E-state index in [0.717, 1.165) is 11.1 Å². The number of hydrogen-bond acceptors (Lipinski definition) is 4. The molecule has 0 bridgehead atoms. The normalized spacial score (nSPS) is 9.82. The van der Waals surface area contributed by atoms with E-state index >= 15 is 0 Å². The van der Waals surface area contributed by atoms with Crippen LogP contribution in [0.25, 0.3) is 11.1 Å². The Hall–Kier alpha value is -2.84. The van der Waals surface area contributed by atoms with Gasteiger partial charge in [-0.3, -0.25) is 10.0 Å². The Morgan fingerprint density at radius 1 is 1.18 bits per heavy atom. The molecule has 2 aromatic rings. The molecule has 0 atom stereocenters. The number of nitrogens with zero attached hydrogens (tertiary/aromatic N) is 1. The fourth-order valence-corrected chi connectivity index (χ4v) is 2.01. The smallest absolute Gasteiger partial charge is 0.243 e. The minimum atomic E-state index is -0.425. The van der Waals surface area contributed by atoms with E-state index in [1.165, 1.54) is 0 Å². The predicted octanol–water partition coefficient (Wildman–Crippen LogP) is 2.89. The van der Waals surface area contributed by atoms with E-state index in [1.807, 2.05) is 42.5 Å². The van der Waals surface area contributed by atoms with Crippen LogP contribution in [0.1, 0.15) is 18.4 Å². The largest absolute Gasteiger partial charge is 0.494 e. The van der Waals surface area contributed by atoms with Crippen LogP contribution < -0.4 is 10.2 Å². The van der Waals surface area contributed by atoms with Crippen molar-refractivity contribution in [1.29, 1.82) is 5.26 Å². The maximum Gasteiger partial charge on any atom is 0.243 e. The topological polar surface area (TPSA) is 82.3 Å². The van der Waals surface area contributed by atoms with Crippen LogP contribution >= 0.6 is 0 Å². The second-order valence-corrected chi connectivity index (χ2v) is 4.71. The van der Waals surface area contributed by atoms with Crippen LogP contribution in [-0.2, 0) is 4.79 Å². The number of nitriles is 1. The molecule has 0 unspecified atom stereocenters.